The summed E-state index contributed by atoms with van der Waals surface area (Å²) >= 11 is 1.65. The van der Waals surface area contributed by atoms with Crippen LogP contribution in [0.1, 0.15) is 13.8 Å². The number of ether oxygens (including phenoxy) is 2. The highest BCUT2D eigenvalue weighted by molar-refractivity contribution is 7.99. The van der Waals surface area contributed by atoms with E-state index in [1.807, 2.05) is 6.92 Å². The third kappa shape index (κ3) is 2.19. The molecule has 0 spiro atoms. The number of hydrogen-bond donors (Lipinski definition) is 0. The molecule has 10 heavy (non-hydrogen) atoms. The summed E-state index contributed by atoms with van der Waals surface area (Å²) in [6.07, 6.45) is -0.322. The number of rotatable bonds is 1. The highest BCUT2D eigenvalue weighted by atomic mass is 32.2. The lowest BCUT2D eigenvalue weighted by Crippen LogP contribution is -2.18. The average molecular weight is 162 g/mol. The number of hydrogen-bond acceptors (Lipinski definition) is 4. The summed E-state index contributed by atoms with van der Waals surface area (Å²) in [4.78, 5) is 10.4. The van der Waals surface area contributed by atoms with E-state index in [9.17, 15) is 4.79 Å². The first-order valence-corrected chi connectivity index (χ1v) is 4.17. The molecule has 0 aromatic rings. The van der Waals surface area contributed by atoms with Crippen LogP contribution in [0.15, 0.2) is 0 Å². The van der Waals surface area contributed by atoms with E-state index in [1.165, 1.54) is 6.92 Å². The molecule has 0 radical (unpaired) electrons. The first-order valence-electron chi connectivity index (χ1n) is 3.13. The molecular formula is C6H10O3S. The summed E-state index contributed by atoms with van der Waals surface area (Å²) in [6, 6.07) is 0. The van der Waals surface area contributed by atoms with Crippen molar-refractivity contribution in [1.82, 2.24) is 0 Å². The zero-order valence-corrected chi connectivity index (χ0v) is 6.81. The molecule has 2 unspecified atom stereocenters. The first-order chi connectivity index (χ1) is 4.68. The standard InChI is InChI=1S/C6H10O3S/c1-4(7)8-6-3-10-5(2)9-6/h5-6H,3H2,1-2H3. The van der Waals surface area contributed by atoms with Crippen LogP contribution in [0.2, 0.25) is 0 Å². The van der Waals surface area contributed by atoms with Crippen molar-refractivity contribution < 1.29 is 14.3 Å². The van der Waals surface area contributed by atoms with Gasteiger partial charge in [-0.1, -0.05) is 0 Å². The van der Waals surface area contributed by atoms with E-state index in [-0.39, 0.29) is 17.7 Å². The van der Waals surface area contributed by atoms with Gasteiger partial charge in [0.25, 0.3) is 0 Å². The smallest absolute Gasteiger partial charge is 0.304 e. The topological polar surface area (TPSA) is 35.5 Å². The molecule has 0 N–H and O–H groups in total. The molecule has 2 atom stereocenters. The zero-order chi connectivity index (χ0) is 7.56. The van der Waals surface area contributed by atoms with Crippen LogP contribution in [-0.2, 0) is 14.3 Å². The van der Waals surface area contributed by atoms with Crippen molar-refractivity contribution in [2.24, 2.45) is 0 Å². The van der Waals surface area contributed by atoms with Crippen molar-refractivity contribution in [3.8, 4) is 0 Å². The molecule has 1 saturated heterocycles. The summed E-state index contributed by atoms with van der Waals surface area (Å²) < 4.78 is 9.99. The molecule has 1 heterocycles. The Hall–Kier alpha value is -0.220. The molecule has 0 aromatic heterocycles. The van der Waals surface area contributed by atoms with Gasteiger partial charge in [0.2, 0.25) is 6.29 Å². The molecule has 1 fully saturated rings. The van der Waals surface area contributed by atoms with E-state index in [0.717, 1.165) is 5.75 Å². The van der Waals surface area contributed by atoms with Crippen LogP contribution in [-0.4, -0.2) is 23.4 Å². The zero-order valence-electron chi connectivity index (χ0n) is 5.99. The number of carbonyl (C=O) groups excluding carboxylic acids is 1. The third-order valence-electron chi connectivity index (χ3n) is 1.11. The number of esters is 1. The highest BCUT2D eigenvalue weighted by Crippen LogP contribution is 2.24. The van der Waals surface area contributed by atoms with Crippen LogP contribution in [0.25, 0.3) is 0 Å². The number of carbonyl (C=O) groups is 1. The van der Waals surface area contributed by atoms with Crippen LogP contribution >= 0.6 is 11.8 Å². The summed E-state index contributed by atoms with van der Waals surface area (Å²) in [7, 11) is 0. The van der Waals surface area contributed by atoms with Gasteiger partial charge in [0.05, 0.1) is 5.75 Å². The van der Waals surface area contributed by atoms with E-state index < -0.39 is 0 Å². The first kappa shape index (κ1) is 7.88. The van der Waals surface area contributed by atoms with Gasteiger partial charge in [-0.2, -0.15) is 0 Å². The normalized spacial score (nSPS) is 32.2. The van der Waals surface area contributed by atoms with Crippen molar-refractivity contribution in [2.45, 2.75) is 25.6 Å². The van der Waals surface area contributed by atoms with Crippen LogP contribution in [0.5, 0.6) is 0 Å². The van der Waals surface area contributed by atoms with Crippen molar-refractivity contribution in [3.05, 3.63) is 0 Å². The molecule has 0 aromatic carbocycles. The second-order valence-electron chi connectivity index (χ2n) is 2.08. The molecule has 0 saturated carbocycles. The summed E-state index contributed by atoms with van der Waals surface area (Å²) in [5.74, 6) is 0.473. The Morgan fingerprint density at radius 2 is 2.50 bits per heavy atom. The molecule has 58 valence electrons. The Kier molecular flexibility index (Phi) is 2.56. The van der Waals surface area contributed by atoms with E-state index >= 15 is 0 Å². The van der Waals surface area contributed by atoms with Gasteiger partial charge in [0.1, 0.15) is 5.44 Å². The predicted molar refractivity (Wildman–Crippen MR) is 38.6 cm³/mol. The fourth-order valence-corrected chi connectivity index (χ4v) is 1.53. The van der Waals surface area contributed by atoms with E-state index in [2.05, 4.69) is 0 Å². The Labute approximate surface area is 64.1 Å². The summed E-state index contributed by atoms with van der Waals surface area (Å²) in [5.41, 5.74) is 0.157. The Balaban J connectivity index is 2.24. The van der Waals surface area contributed by atoms with Gasteiger partial charge in [0.15, 0.2) is 0 Å². The maximum Gasteiger partial charge on any atom is 0.304 e. The minimum absolute atomic E-state index is 0.157. The SMILES string of the molecule is CC(=O)OC1CSC(C)O1. The van der Waals surface area contributed by atoms with Crippen LogP contribution in [0, 0.1) is 0 Å². The third-order valence-corrected chi connectivity index (χ3v) is 2.15. The van der Waals surface area contributed by atoms with Crippen LogP contribution < -0.4 is 0 Å². The van der Waals surface area contributed by atoms with Gasteiger partial charge in [-0.05, 0) is 6.92 Å². The lowest BCUT2D eigenvalue weighted by Gasteiger charge is -2.08. The molecule has 0 bridgehead atoms. The monoisotopic (exact) mass is 162 g/mol. The van der Waals surface area contributed by atoms with Crippen LogP contribution in [0.4, 0.5) is 0 Å². The summed E-state index contributed by atoms with van der Waals surface area (Å²) in [5, 5.41) is 0. The Morgan fingerprint density at radius 3 is 2.90 bits per heavy atom. The van der Waals surface area contributed by atoms with Crippen molar-refractivity contribution in [1.29, 1.82) is 0 Å². The fraction of sp³-hybridized carbons (Fsp3) is 0.833. The molecule has 3 nitrogen and oxygen atoms in total. The van der Waals surface area contributed by atoms with E-state index in [1.54, 1.807) is 11.8 Å². The maximum absolute atomic E-state index is 10.4. The maximum atomic E-state index is 10.4. The molecule has 1 aliphatic heterocycles. The van der Waals surface area contributed by atoms with Crippen LogP contribution in [0.3, 0.4) is 0 Å². The lowest BCUT2D eigenvalue weighted by molar-refractivity contribution is -0.169. The van der Waals surface area contributed by atoms with Gasteiger partial charge in [0, 0.05) is 6.92 Å². The van der Waals surface area contributed by atoms with E-state index in [0.29, 0.717) is 0 Å². The van der Waals surface area contributed by atoms with Gasteiger partial charge in [-0.25, -0.2) is 0 Å². The average Bonchev–Trinajstić information content (AvgIpc) is 2.13. The molecular weight excluding hydrogens is 152 g/mol. The molecule has 0 amide bonds. The van der Waals surface area contributed by atoms with Gasteiger partial charge < -0.3 is 9.47 Å². The largest absolute Gasteiger partial charge is 0.435 e. The predicted octanol–water partition coefficient (Wildman–Crippen LogP) is 0.985. The van der Waals surface area contributed by atoms with Gasteiger partial charge in [-0.15, -0.1) is 11.8 Å². The van der Waals surface area contributed by atoms with Crippen molar-refractivity contribution in [3.63, 3.8) is 0 Å². The lowest BCUT2D eigenvalue weighted by atomic mass is 10.7. The number of thioether (sulfide) groups is 1. The quantitative estimate of drug-likeness (QED) is 0.538. The molecule has 0 aliphatic carbocycles. The van der Waals surface area contributed by atoms with E-state index in [4.69, 9.17) is 9.47 Å². The van der Waals surface area contributed by atoms with Crippen molar-refractivity contribution in [2.75, 3.05) is 5.75 Å². The molecule has 4 heteroatoms. The van der Waals surface area contributed by atoms with Gasteiger partial charge >= 0.3 is 5.97 Å². The van der Waals surface area contributed by atoms with Gasteiger partial charge in [-0.3, -0.25) is 4.79 Å². The summed E-state index contributed by atoms with van der Waals surface area (Å²) in [6.45, 7) is 3.32. The minimum Gasteiger partial charge on any atom is -0.435 e. The highest BCUT2D eigenvalue weighted by Gasteiger charge is 2.24. The molecule has 1 aliphatic rings. The second kappa shape index (κ2) is 3.25. The Bertz CT molecular complexity index is 137. The Morgan fingerprint density at radius 1 is 1.80 bits per heavy atom. The van der Waals surface area contributed by atoms with Crippen molar-refractivity contribution >= 4 is 17.7 Å². The minimum atomic E-state index is -0.322. The fourth-order valence-electron chi connectivity index (χ4n) is 0.753. The second-order valence-corrected chi connectivity index (χ2v) is 3.41. The molecule has 1 rings (SSSR count).